The van der Waals surface area contributed by atoms with E-state index in [0.717, 1.165) is 32.5 Å². The lowest BCUT2D eigenvalue weighted by Crippen LogP contribution is -2.40. The van der Waals surface area contributed by atoms with Gasteiger partial charge in [-0.15, -0.1) is 0 Å². The van der Waals surface area contributed by atoms with Crippen molar-refractivity contribution >= 4 is 6.41 Å². The van der Waals surface area contributed by atoms with Crippen LogP contribution in [-0.4, -0.2) is 30.9 Å². The molecule has 1 fully saturated rings. The first kappa shape index (κ1) is 7.80. The Bertz CT molecular complexity index is 213. The zero-order chi connectivity index (χ0) is 8.39. The molecule has 3 heteroatoms. The Morgan fingerprint density at radius 1 is 1.67 bits per heavy atom. The van der Waals surface area contributed by atoms with Gasteiger partial charge in [-0.1, -0.05) is 6.08 Å². The molecule has 0 spiro atoms. The molecule has 66 valence electrons. The van der Waals surface area contributed by atoms with Gasteiger partial charge in [-0.2, -0.15) is 0 Å². The van der Waals surface area contributed by atoms with Crippen LogP contribution in [0.1, 0.15) is 12.8 Å². The zero-order valence-corrected chi connectivity index (χ0v) is 7.12. The van der Waals surface area contributed by atoms with E-state index in [-0.39, 0.29) is 0 Å². The Morgan fingerprint density at radius 2 is 2.58 bits per heavy atom. The predicted molar refractivity (Wildman–Crippen MR) is 46.4 cm³/mol. The first-order chi connectivity index (χ1) is 5.92. The molecule has 3 nitrogen and oxygen atoms in total. The lowest BCUT2D eigenvalue weighted by molar-refractivity contribution is -0.117. The van der Waals surface area contributed by atoms with Crippen molar-refractivity contribution in [3.63, 3.8) is 0 Å². The number of fused-ring (bicyclic) bond motifs is 1. The molecule has 2 rings (SSSR count). The number of carbonyl (C=O) groups excluding carboxylic acids is 1. The number of carbonyl (C=O) groups is 1. The van der Waals surface area contributed by atoms with E-state index < -0.39 is 0 Å². The van der Waals surface area contributed by atoms with Crippen LogP contribution in [-0.2, 0) is 4.79 Å². The van der Waals surface area contributed by atoms with Crippen molar-refractivity contribution in [1.82, 2.24) is 10.2 Å². The Hall–Kier alpha value is -0.830. The van der Waals surface area contributed by atoms with Gasteiger partial charge in [0.2, 0.25) is 6.41 Å². The van der Waals surface area contributed by atoms with Crippen molar-refractivity contribution in [2.24, 2.45) is 5.92 Å². The van der Waals surface area contributed by atoms with Gasteiger partial charge in [-0.05, 0) is 12.8 Å². The van der Waals surface area contributed by atoms with Crippen LogP contribution < -0.4 is 5.32 Å². The topological polar surface area (TPSA) is 32.3 Å². The van der Waals surface area contributed by atoms with Crippen LogP contribution in [0.25, 0.3) is 0 Å². The number of nitrogens with zero attached hydrogens (tertiary/aromatic N) is 1. The molecule has 0 radical (unpaired) electrons. The van der Waals surface area contributed by atoms with E-state index in [1.54, 1.807) is 0 Å². The smallest absolute Gasteiger partial charge is 0.213 e. The largest absolute Gasteiger partial charge is 0.319 e. The van der Waals surface area contributed by atoms with E-state index in [2.05, 4.69) is 11.4 Å². The maximum absolute atomic E-state index is 10.7. The average molecular weight is 166 g/mol. The second-order valence-electron chi connectivity index (χ2n) is 3.43. The third-order valence-corrected chi connectivity index (χ3v) is 2.68. The van der Waals surface area contributed by atoms with Gasteiger partial charge in [0.05, 0.1) is 0 Å². The van der Waals surface area contributed by atoms with Gasteiger partial charge >= 0.3 is 0 Å². The average Bonchev–Trinajstić information content (AvgIpc) is 2.17. The Kier molecular flexibility index (Phi) is 2.13. The van der Waals surface area contributed by atoms with Crippen LogP contribution in [0, 0.1) is 5.92 Å². The minimum atomic E-state index is 0.581. The van der Waals surface area contributed by atoms with E-state index in [4.69, 9.17) is 0 Å². The highest BCUT2D eigenvalue weighted by Crippen LogP contribution is 2.26. The standard InChI is InChI=1S/C9H14N2O/c12-7-11-5-1-2-8-6-10-4-3-9(8)11/h3,7-8,10H,1-2,4-6H2. The molecule has 1 unspecified atom stereocenters. The highest BCUT2D eigenvalue weighted by Gasteiger charge is 2.25. The third-order valence-electron chi connectivity index (χ3n) is 2.68. The monoisotopic (exact) mass is 166 g/mol. The quantitative estimate of drug-likeness (QED) is 0.570. The summed E-state index contributed by atoms with van der Waals surface area (Å²) >= 11 is 0. The fourth-order valence-corrected chi connectivity index (χ4v) is 2.06. The van der Waals surface area contributed by atoms with Crippen LogP contribution in [0.2, 0.25) is 0 Å². The van der Waals surface area contributed by atoms with Crippen molar-refractivity contribution in [3.05, 3.63) is 11.8 Å². The maximum Gasteiger partial charge on any atom is 0.213 e. The predicted octanol–water partition coefficient (Wildman–Crippen LogP) is 0.342. The van der Waals surface area contributed by atoms with Crippen LogP contribution in [0.15, 0.2) is 11.8 Å². The number of piperidine rings is 1. The molecular weight excluding hydrogens is 152 g/mol. The molecule has 1 N–H and O–H groups in total. The van der Waals surface area contributed by atoms with Gasteiger partial charge < -0.3 is 10.2 Å². The fraction of sp³-hybridized carbons (Fsp3) is 0.667. The SMILES string of the molecule is O=CN1CCCC2CNCC=C21. The highest BCUT2D eigenvalue weighted by atomic mass is 16.1. The van der Waals surface area contributed by atoms with Crippen molar-refractivity contribution < 1.29 is 4.79 Å². The van der Waals surface area contributed by atoms with Gasteiger partial charge in [0.25, 0.3) is 0 Å². The van der Waals surface area contributed by atoms with Crippen molar-refractivity contribution in [3.8, 4) is 0 Å². The van der Waals surface area contributed by atoms with Crippen LogP contribution >= 0.6 is 0 Å². The lowest BCUT2D eigenvalue weighted by atomic mass is 9.92. The molecule has 0 aromatic rings. The summed E-state index contributed by atoms with van der Waals surface area (Å²) in [5, 5.41) is 3.31. The van der Waals surface area contributed by atoms with Crippen molar-refractivity contribution in [2.75, 3.05) is 19.6 Å². The first-order valence-corrected chi connectivity index (χ1v) is 4.54. The fourth-order valence-electron chi connectivity index (χ4n) is 2.06. The number of hydrogen-bond donors (Lipinski definition) is 1. The number of likely N-dealkylation sites (tertiary alicyclic amines) is 1. The van der Waals surface area contributed by atoms with Crippen LogP contribution in [0.4, 0.5) is 0 Å². The Balaban J connectivity index is 2.17. The summed E-state index contributed by atoms with van der Waals surface area (Å²) < 4.78 is 0. The molecule has 2 heterocycles. The van der Waals surface area contributed by atoms with E-state index in [1.165, 1.54) is 12.1 Å². The summed E-state index contributed by atoms with van der Waals surface area (Å²) in [6.45, 7) is 2.86. The number of rotatable bonds is 1. The maximum atomic E-state index is 10.7. The summed E-state index contributed by atoms with van der Waals surface area (Å²) in [5.74, 6) is 0.581. The molecular formula is C9H14N2O. The number of hydrogen-bond acceptors (Lipinski definition) is 2. The number of amides is 1. The lowest BCUT2D eigenvalue weighted by Gasteiger charge is -2.35. The summed E-state index contributed by atoms with van der Waals surface area (Å²) in [6.07, 6.45) is 5.47. The molecule has 0 bridgehead atoms. The Morgan fingerprint density at radius 3 is 3.42 bits per heavy atom. The third kappa shape index (κ3) is 1.25. The van der Waals surface area contributed by atoms with Gasteiger partial charge in [0.1, 0.15) is 0 Å². The molecule has 0 aliphatic carbocycles. The van der Waals surface area contributed by atoms with Crippen molar-refractivity contribution in [2.45, 2.75) is 12.8 Å². The molecule has 1 atom stereocenters. The van der Waals surface area contributed by atoms with Gasteiger partial charge in [0, 0.05) is 31.2 Å². The molecule has 1 amide bonds. The van der Waals surface area contributed by atoms with Gasteiger partial charge in [-0.3, -0.25) is 4.79 Å². The normalized spacial score (nSPS) is 29.2. The van der Waals surface area contributed by atoms with Crippen LogP contribution in [0.5, 0.6) is 0 Å². The molecule has 0 aromatic heterocycles. The Labute approximate surface area is 72.4 Å². The summed E-state index contributed by atoms with van der Waals surface area (Å²) in [4.78, 5) is 12.5. The second-order valence-corrected chi connectivity index (χ2v) is 3.43. The summed E-state index contributed by atoms with van der Waals surface area (Å²) in [5.41, 5.74) is 1.25. The van der Waals surface area contributed by atoms with Crippen molar-refractivity contribution in [1.29, 1.82) is 0 Å². The van der Waals surface area contributed by atoms with E-state index in [1.807, 2.05) is 4.90 Å². The molecule has 0 aromatic carbocycles. The van der Waals surface area contributed by atoms with E-state index in [9.17, 15) is 4.79 Å². The van der Waals surface area contributed by atoms with Gasteiger partial charge in [0.15, 0.2) is 0 Å². The minimum absolute atomic E-state index is 0.581. The minimum Gasteiger partial charge on any atom is -0.319 e. The second kappa shape index (κ2) is 3.27. The molecule has 2 aliphatic heterocycles. The molecule has 1 saturated heterocycles. The highest BCUT2D eigenvalue weighted by molar-refractivity contribution is 5.52. The summed E-state index contributed by atoms with van der Waals surface area (Å²) in [7, 11) is 0. The number of nitrogens with one attached hydrogen (secondary N) is 1. The molecule has 0 saturated carbocycles. The summed E-state index contributed by atoms with van der Waals surface area (Å²) in [6, 6.07) is 0. The molecule has 12 heavy (non-hydrogen) atoms. The van der Waals surface area contributed by atoms with Crippen LogP contribution in [0.3, 0.4) is 0 Å². The van der Waals surface area contributed by atoms with E-state index in [0.29, 0.717) is 5.92 Å². The molecule has 2 aliphatic rings. The first-order valence-electron chi connectivity index (χ1n) is 4.54. The van der Waals surface area contributed by atoms with Gasteiger partial charge in [-0.25, -0.2) is 0 Å². The van der Waals surface area contributed by atoms with E-state index >= 15 is 0 Å². The zero-order valence-electron chi connectivity index (χ0n) is 7.12.